The normalized spacial score (nSPS) is 12.9. The van der Waals surface area contributed by atoms with Crippen LogP contribution in [0, 0.1) is 0 Å². The van der Waals surface area contributed by atoms with E-state index < -0.39 is 0 Å². The molecule has 2 aromatic carbocycles. The monoisotopic (exact) mass is 338 g/mol. The zero-order valence-electron chi connectivity index (χ0n) is 14.5. The van der Waals surface area contributed by atoms with Crippen LogP contribution in [0.3, 0.4) is 0 Å². The second kappa shape index (κ2) is 7.38. The highest BCUT2D eigenvalue weighted by molar-refractivity contribution is 6.02. The number of nitrogens with zero attached hydrogens (tertiary/aromatic N) is 1. The Kier molecular flexibility index (Phi) is 5.03. The Morgan fingerprint density at radius 2 is 1.92 bits per heavy atom. The van der Waals surface area contributed by atoms with E-state index in [4.69, 9.17) is 4.74 Å². The van der Waals surface area contributed by atoms with Crippen LogP contribution < -0.4 is 15.0 Å². The summed E-state index contributed by atoms with van der Waals surface area (Å²) in [4.78, 5) is 26.0. The molecule has 2 aromatic rings. The molecule has 130 valence electrons. The van der Waals surface area contributed by atoms with Crippen molar-refractivity contribution in [3.05, 3.63) is 53.6 Å². The van der Waals surface area contributed by atoms with Gasteiger partial charge in [-0.25, -0.2) is 0 Å². The minimum absolute atomic E-state index is 0.0826. The standard InChI is InChI=1S/C20H22N2O3/c1-3-22-18-10-7-16(12-15(18)13-20(22)24)21-19(23)11-14-5-8-17(9-6-14)25-4-2/h5-10,12H,3-4,11,13H2,1-2H3,(H,21,23). The van der Waals surface area contributed by atoms with Crippen LogP contribution in [0.4, 0.5) is 11.4 Å². The molecule has 0 aromatic heterocycles. The predicted octanol–water partition coefficient (Wildman–Crippen LogP) is 3.18. The fourth-order valence-electron chi connectivity index (χ4n) is 3.07. The lowest BCUT2D eigenvalue weighted by Crippen LogP contribution is -2.25. The largest absolute Gasteiger partial charge is 0.494 e. The topological polar surface area (TPSA) is 58.6 Å². The number of hydrogen-bond donors (Lipinski definition) is 1. The lowest BCUT2D eigenvalue weighted by Gasteiger charge is -2.15. The maximum Gasteiger partial charge on any atom is 0.231 e. The summed E-state index contributed by atoms with van der Waals surface area (Å²) in [6.07, 6.45) is 0.690. The molecule has 0 saturated carbocycles. The second-order valence-electron chi connectivity index (χ2n) is 5.96. The predicted molar refractivity (Wildman–Crippen MR) is 98.1 cm³/mol. The van der Waals surface area contributed by atoms with Gasteiger partial charge in [-0.1, -0.05) is 12.1 Å². The quantitative estimate of drug-likeness (QED) is 0.880. The van der Waals surface area contributed by atoms with E-state index in [9.17, 15) is 9.59 Å². The molecule has 0 bridgehead atoms. The minimum atomic E-state index is -0.0826. The molecule has 2 amide bonds. The Morgan fingerprint density at radius 3 is 2.60 bits per heavy atom. The van der Waals surface area contributed by atoms with Crippen molar-refractivity contribution >= 4 is 23.2 Å². The van der Waals surface area contributed by atoms with E-state index in [-0.39, 0.29) is 11.8 Å². The van der Waals surface area contributed by atoms with Crippen LogP contribution in [0.15, 0.2) is 42.5 Å². The number of amides is 2. The van der Waals surface area contributed by atoms with Gasteiger partial charge < -0.3 is 15.0 Å². The third-order valence-corrected chi connectivity index (χ3v) is 4.21. The fourth-order valence-corrected chi connectivity index (χ4v) is 3.07. The molecule has 0 unspecified atom stereocenters. The summed E-state index contributed by atoms with van der Waals surface area (Å²) in [7, 11) is 0. The van der Waals surface area contributed by atoms with Gasteiger partial charge in [0.25, 0.3) is 0 Å². The number of rotatable bonds is 6. The molecule has 0 spiro atoms. The van der Waals surface area contributed by atoms with Crippen LogP contribution in [0.25, 0.3) is 0 Å². The van der Waals surface area contributed by atoms with Crippen molar-refractivity contribution in [2.45, 2.75) is 26.7 Å². The molecule has 0 atom stereocenters. The van der Waals surface area contributed by atoms with E-state index in [0.29, 0.717) is 26.0 Å². The SMILES string of the molecule is CCOc1ccc(CC(=O)Nc2ccc3c(c2)CC(=O)N3CC)cc1. The van der Waals surface area contributed by atoms with Crippen LogP contribution in [0.2, 0.25) is 0 Å². The smallest absolute Gasteiger partial charge is 0.231 e. The van der Waals surface area contributed by atoms with Crippen molar-refractivity contribution in [1.29, 1.82) is 0 Å². The highest BCUT2D eigenvalue weighted by Crippen LogP contribution is 2.31. The van der Waals surface area contributed by atoms with E-state index in [0.717, 1.165) is 28.3 Å². The molecule has 0 aliphatic carbocycles. The van der Waals surface area contributed by atoms with Crippen molar-refractivity contribution in [3.63, 3.8) is 0 Å². The zero-order valence-corrected chi connectivity index (χ0v) is 14.5. The van der Waals surface area contributed by atoms with Crippen molar-refractivity contribution in [3.8, 4) is 5.75 Å². The molecular weight excluding hydrogens is 316 g/mol. The van der Waals surface area contributed by atoms with Crippen LogP contribution in [0.5, 0.6) is 5.75 Å². The second-order valence-corrected chi connectivity index (χ2v) is 5.96. The molecule has 5 nitrogen and oxygen atoms in total. The highest BCUT2D eigenvalue weighted by atomic mass is 16.5. The molecule has 25 heavy (non-hydrogen) atoms. The number of hydrogen-bond acceptors (Lipinski definition) is 3. The summed E-state index contributed by atoms with van der Waals surface area (Å²) in [5.74, 6) is 0.826. The molecular formula is C20H22N2O3. The molecule has 1 aliphatic rings. The maximum atomic E-state index is 12.3. The number of nitrogens with one attached hydrogen (secondary N) is 1. The number of fused-ring (bicyclic) bond motifs is 1. The van der Waals surface area contributed by atoms with Gasteiger partial charge in [-0.15, -0.1) is 0 Å². The molecule has 1 aliphatic heterocycles. The average Bonchev–Trinajstić information content (AvgIpc) is 2.91. The number of benzene rings is 2. The third kappa shape index (κ3) is 3.82. The average molecular weight is 338 g/mol. The molecule has 0 fully saturated rings. The number of carbonyl (C=O) groups excluding carboxylic acids is 2. The van der Waals surface area contributed by atoms with Gasteiger partial charge in [-0.05, 0) is 55.3 Å². The van der Waals surface area contributed by atoms with Crippen molar-refractivity contribution in [1.82, 2.24) is 0 Å². The molecule has 5 heteroatoms. The summed E-state index contributed by atoms with van der Waals surface area (Å²) in [5.41, 5.74) is 3.55. The fraction of sp³-hybridized carbons (Fsp3) is 0.300. The van der Waals surface area contributed by atoms with E-state index >= 15 is 0 Å². The van der Waals surface area contributed by atoms with E-state index in [1.165, 1.54) is 0 Å². The van der Waals surface area contributed by atoms with E-state index in [1.807, 2.05) is 56.3 Å². The van der Waals surface area contributed by atoms with Gasteiger partial charge >= 0.3 is 0 Å². The number of anilines is 2. The number of likely N-dealkylation sites (N-methyl/N-ethyl adjacent to an activating group) is 1. The van der Waals surface area contributed by atoms with Gasteiger partial charge in [0.05, 0.1) is 19.4 Å². The van der Waals surface area contributed by atoms with Crippen molar-refractivity contribution < 1.29 is 14.3 Å². The van der Waals surface area contributed by atoms with Gasteiger partial charge in [0.2, 0.25) is 11.8 Å². The van der Waals surface area contributed by atoms with Gasteiger partial charge in [-0.3, -0.25) is 9.59 Å². The summed E-state index contributed by atoms with van der Waals surface area (Å²) in [6.45, 7) is 5.18. The Bertz CT molecular complexity index is 784. The van der Waals surface area contributed by atoms with Crippen molar-refractivity contribution in [2.24, 2.45) is 0 Å². The molecule has 1 N–H and O–H groups in total. The van der Waals surface area contributed by atoms with Gasteiger partial charge in [0.1, 0.15) is 5.75 Å². The molecule has 0 saturated heterocycles. The summed E-state index contributed by atoms with van der Waals surface area (Å²) in [5, 5.41) is 2.91. The highest BCUT2D eigenvalue weighted by Gasteiger charge is 2.25. The summed E-state index contributed by atoms with van der Waals surface area (Å²) >= 11 is 0. The lowest BCUT2D eigenvalue weighted by molar-refractivity contribution is -0.117. The maximum absolute atomic E-state index is 12.3. The van der Waals surface area contributed by atoms with E-state index in [2.05, 4.69) is 5.32 Å². The minimum Gasteiger partial charge on any atom is -0.494 e. The first-order chi connectivity index (χ1) is 12.1. The summed E-state index contributed by atoms with van der Waals surface area (Å²) in [6, 6.07) is 13.2. The first-order valence-corrected chi connectivity index (χ1v) is 8.55. The zero-order chi connectivity index (χ0) is 17.8. The van der Waals surface area contributed by atoms with Gasteiger partial charge in [0, 0.05) is 17.9 Å². The summed E-state index contributed by atoms with van der Waals surface area (Å²) < 4.78 is 5.40. The van der Waals surface area contributed by atoms with E-state index in [1.54, 1.807) is 4.90 Å². The first kappa shape index (κ1) is 17.0. The van der Waals surface area contributed by atoms with Crippen LogP contribution in [-0.2, 0) is 22.4 Å². The van der Waals surface area contributed by atoms with Gasteiger partial charge in [0.15, 0.2) is 0 Å². The Morgan fingerprint density at radius 1 is 1.16 bits per heavy atom. The molecule has 1 heterocycles. The Labute approximate surface area is 147 Å². The number of ether oxygens (including phenoxy) is 1. The third-order valence-electron chi connectivity index (χ3n) is 4.21. The lowest BCUT2D eigenvalue weighted by atomic mass is 10.1. The van der Waals surface area contributed by atoms with Gasteiger partial charge in [-0.2, -0.15) is 0 Å². The molecule has 3 rings (SSSR count). The van der Waals surface area contributed by atoms with Crippen LogP contribution in [0.1, 0.15) is 25.0 Å². The Balaban J connectivity index is 1.64. The number of carbonyl (C=O) groups is 2. The molecule has 0 radical (unpaired) electrons. The first-order valence-electron chi connectivity index (χ1n) is 8.55. The van der Waals surface area contributed by atoms with Crippen molar-refractivity contribution in [2.75, 3.05) is 23.4 Å². The van der Waals surface area contributed by atoms with Crippen LogP contribution >= 0.6 is 0 Å². The van der Waals surface area contributed by atoms with Crippen LogP contribution in [-0.4, -0.2) is 25.0 Å². The Hall–Kier alpha value is -2.82.